The average Bonchev–Trinajstić information content (AvgIpc) is 3.41. The van der Waals surface area contributed by atoms with Crippen molar-refractivity contribution in [3.05, 3.63) is 82.7 Å². The normalized spacial score (nSPS) is 27.5. The fourth-order valence-corrected chi connectivity index (χ4v) is 8.04. The average molecular weight is 599 g/mol. The maximum Gasteiger partial charge on any atom is 0.251 e. The summed E-state index contributed by atoms with van der Waals surface area (Å²) in [7, 11) is 1.89. The van der Waals surface area contributed by atoms with E-state index in [0.717, 1.165) is 42.2 Å². The second-order valence-electron chi connectivity index (χ2n) is 13.3. The summed E-state index contributed by atoms with van der Waals surface area (Å²) < 4.78 is 13.6. The number of aliphatic hydroxyl groups is 1. The van der Waals surface area contributed by atoms with E-state index in [1.165, 1.54) is 19.3 Å². The molecule has 3 aromatic rings. The number of amides is 1. The molecule has 1 aromatic heterocycles. The van der Waals surface area contributed by atoms with E-state index in [-0.39, 0.29) is 24.3 Å². The largest absolute Gasteiger partial charge is 0.487 e. The van der Waals surface area contributed by atoms with Crippen LogP contribution in [0, 0.1) is 23.2 Å². The van der Waals surface area contributed by atoms with Crippen LogP contribution in [0.2, 0.25) is 0 Å². The van der Waals surface area contributed by atoms with Crippen LogP contribution in [0.1, 0.15) is 69.6 Å². The Labute approximate surface area is 258 Å². The van der Waals surface area contributed by atoms with E-state index in [1.807, 2.05) is 31.3 Å². The lowest BCUT2D eigenvalue weighted by molar-refractivity contribution is 0.0867. The van der Waals surface area contributed by atoms with E-state index >= 15 is 0 Å². The molecule has 3 N–H and O–H groups in total. The third kappa shape index (κ3) is 5.80. The van der Waals surface area contributed by atoms with Crippen molar-refractivity contribution in [3.8, 4) is 5.75 Å². The second kappa shape index (κ2) is 12.1. The molecule has 3 heterocycles. The van der Waals surface area contributed by atoms with E-state index in [2.05, 4.69) is 15.7 Å². The Morgan fingerprint density at radius 2 is 2.00 bits per heavy atom. The van der Waals surface area contributed by atoms with Gasteiger partial charge in [0.1, 0.15) is 12.4 Å². The lowest BCUT2D eigenvalue weighted by Gasteiger charge is -2.30. The van der Waals surface area contributed by atoms with Crippen molar-refractivity contribution in [2.45, 2.75) is 63.8 Å². The smallest absolute Gasteiger partial charge is 0.251 e. The van der Waals surface area contributed by atoms with E-state index in [4.69, 9.17) is 9.47 Å². The molecule has 2 aliphatic carbocycles. The van der Waals surface area contributed by atoms with Gasteiger partial charge < -0.3 is 25.2 Å². The lowest BCUT2D eigenvalue weighted by Crippen LogP contribution is -2.49. The van der Waals surface area contributed by atoms with Crippen LogP contribution in [-0.4, -0.2) is 58.5 Å². The van der Waals surface area contributed by atoms with Crippen LogP contribution < -0.4 is 15.4 Å². The highest BCUT2D eigenvalue weighted by Crippen LogP contribution is 2.69. The highest BCUT2D eigenvalue weighted by Gasteiger charge is 2.64. The minimum atomic E-state index is -0.746. The molecule has 9 heteroatoms. The van der Waals surface area contributed by atoms with Crippen molar-refractivity contribution in [2.75, 3.05) is 19.8 Å². The number of benzene rings is 2. The number of hydrogen-bond donors (Lipinski definition) is 3. The molecular weight excluding hydrogens is 556 g/mol. The number of aliphatic hydroxyl groups excluding tert-OH is 1. The number of aryl methyl sites for hydroxylation is 1. The number of carbonyl (C=O) groups excluding carboxylic acids is 2. The standard InChI is InChI=1S/C35H42N4O5/c1-39-28(11-13-38-39)21-44-29-7-6-24-15-31(36-17-26(24)14-29)33(41)18-37-34(42)23-4-2-22(3-5-23)32(40)9-8-30-25-10-12-35(30)16-27(35)20-43-19-25/h2-7,11,13-14,25,27,30-31,33,36,41H,8-10,12,15-21H2,1H3,(H,37,42)/t25?,27?,30?,31-,33+,35?/m0/s1. The number of nitrogens with one attached hydrogen (secondary N) is 2. The summed E-state index contributed by atoms with van der Waals surface area (Å²) in [5.74, 6) is 2.59. The number of rotatable bonds is 11. The molecule has 232 valence electrons. The minimum Gasteiger partial charge on any atom is -0.487 e. The molecule has 6 atom stereocenters. The molecule has 2 bridgehead atoms. The Kier molecular flexibility index (Phi) is 8.03. The number of fused-ring (bicyclic) bond motifs is 2. The number of Topliss-reactive ketones (excluding diaryl/α,β-unsaturated/α-hetero) is 1. The van der Waals surface area contributed by atoms with Crippen molar-refractivity contribution >= 4 is 11.7 Å². The van der Waals surface area contributed by atoms with Crippen LogP contribution in [0.5, 0.6) is 5.75 Å². The van der Waals surface area contributed by atoms with E-state index in [9.17, 15) is 14.7 Å². The zero-order valence-electron chi connectivity index (χ0n) is 25.3. The number of hydrogen-bond acceptors (Lipinski definition) is 7. The molecule has 9 nitrogen and oxygen atoms in total. The molecule has 1 saturated heterocycles. The first-order valence-corrected chi connectivity index (χ1v) is 16.0. The monoisotopic (exact) mass is 598 g/mol. The van der Waals surface area contributed by atoms with Gasteiger partial charge in [-0.25, -0.2) is 0 Å². The van der Waals surface area contributed by atoms with Gasteiger partial charge in [-0.1, -0.05) is 18.2 Å². The van der Waals surface area contributed by atoms with Gasteiger partial charge in [0.05, 0.1) is 11.8 Å². The molecule has 7 rings (SSSR count). The molecule has 4 aliphatic rings. The third-order valence-corrected chi connectivity index (χ3v) is 10.8. The van der Waals surface area contributed by atoms with Crippen molar-refractivity contribution in [1.82, 2.24) is 20.4 Å². The molecular formula is C35H42N4O5. The van der Waals surface area contributed by atoms with Crippen LogP contribution in [0.15, 0.2) is 54.7 Å². The summed E-state index contributed by atoms with van der Waals surface area (Å²) in [6, 6.07) is 14.7. The number of aromatic nitrogens is 2. The fourth-order valence-electron chi connectivity index (χ4n) is 8.04. The zero-order chi connectivity index (χ0) is 30.3. The van der Waals surface area contributed by atoms with Gasteiger partial charge in [-0.05, 0) is 96.7 Å². The van der Waals surface area contributed by atoms with Crippen LogP contribution >= 0.6 is 0 Å². The highest BCUT2D eigenvalue weighted by atomic mass is 16.5. The summed E-state index contributed by atoms with van der Waals surface area (Å²) in [6.07, 6.45) is 6.96. The van der Waals surface area contributed by atoms with Crippen molar-refractivity contribution < 1.29 is 24.2 Å². The van der Waals surface area contributed by atoms with Gasteiger partial charge in [0.15, 0.2) is 5.78 Å². The van der Waals surface area contributed by atoms with Crippen LogP contribution in [0.4, 0.5) is 0 Å². The third-order valence-electron chi connectivity index (χ3n) is 10.8. The Morgan fingerprint density at radius 3 is 2.82 bits per heavy atom. The summed E-state index contributed by atoms with van der Waals surface area (Å²) >= 11 is 0. The zero-order valence-corrected chi connectivity index (χ0v) is 25.3. The fraction of sp³-hybridized carbons (Fsp3) is 0.514. The van der Waals surface area contributed by atoms with Crippen LogP contribution in [0.25, 0.3) is 0 Å². The molecule has 2 aliphatic heterocycles. The highest BCUT2D eigenvalue weighted by molar-refractivity contribution is 5.98. The topological polar surface area (TPSA) is 115 Å². The maximum absolute atomic E-state index is 13.0. The number of nitrogens with zero attached hydrogens (tertiary/aromatic N) is 2. The minimum absolute atomic E-state index is 0.132. The van der Waals surface area contributed by atoms with E-state index < -0.39 is 6.10 Å². The summed E-state index contributed by atoms with van der Waals surface area (Å²) in [5, 5.41) is 21.3. The van der Waals surface area contributed by atoms with Gasteiger partial charge in [-0.3, -0.25) is 14.3 Å². The maximum atomic E-state index is 13.0. The molecule has 2 aromatic carbocycles. The molecule has 44 heavy (non-hydrogen) atoms. The number of carbonyl (C=O) groups is 2. The van der Waals surface area contributed by atoms with Gasteiger partial charge in [0.2, 0.25) is 0 Å². The molecule has 2 saturated carbocycles. The van der Waals surface area contributed by atoms with Gasteiger partial charge in [-0.15, -0.1) is 0 Å². The van der Waals surface area contributed by atoms with E-state index in [0.29, 0.717) is 60.3 Å². The first-order valence-electron chi connectivity index (χ1n) is 16.0. The summed E-state index contributed by atoms with van der Waals surface area (Å²) in [5.41, 5.74) is 4.87. The lowest BCUT2D eigenvalue weighted by atomic mass is 9.81. The summed E-state index contributed by atoms with van der Waals surface area (Å²) in [4.78, 5) is 25.9. The van der Waals surface area contributed by atoms with Crippen molar-refractivity contribution in [1.29, 1.82) is 0 Å². The Bertz CT molecular complexity index is 1520. The van der Waals surface area contributed by atoms with Crippen LogP contribution in [-0.2, 0) is 31.4 Å². The Morgan fingerprint density at radius 1 is 1.16 bits per heavy atom. The number of ether oxygens (including phenoxy) is 2. The van der Waals surface area contributed by atoms with Crippen LogP contribution in [0.3, 0.4) is 0 Å². The first-order chi connectivity index (χ1) is 21.4. The SMILES string of the molecule is Cn1nccc1COc1ccc2c(c1)CN[C@H]([C@H](O)CNC(=O)c1ccc(C(=O)CCC3C4CCC35CC5COC4)cc1)C2. The Hall–Kier alpha value is -3.53. The predicted octanol–water partition coefficient (Wildman–Crippen LogP) is 3.83. The van der Waals surface area contributed by atoms with Gasteiger partial charge >= 0.3 is 0 Å². The van der Waals surface area contributed by atoms with Gasteiger partial charge in [0.25, 0.3) is 5.91 Å². The molecule has 1 spiro atoms. The predicted molar refractivity (Wildman–Crippen MR) is 164 cm³/mol. The van der Waals surface area contributed by atoms with Gasteiger partial charge in [0, 0.05) is 63.1 Å². The van der Waals surface area contributed by atoms with Crippen molar-refractivity contribution in [2.24, 2.45) is 30.2 Å². The molecule has 4 unspecified atom stereocenters. The summed E-state index contributed by atoms with van der Waals surface area (Å²) in [6.45, 7) is 2.94. The second-order valence-corrected chi connectivity index (χ2v) is 13.3. The molecule has 0 radical (unpaired) electrons. The molecule has 1 amide bonds. The molecule has 3 fully saturated rings. The quantitative estimate of drug-likeness (QED) is 0.288. The van der Waals surface area contributed by atoms with Gasteiger partial charge in [-0.2, -0.15) is 5.10 Å². The van der Waals surface area contributed by atoms with Crippen molar-refractivity contribution in [3.63, 3.8) is 0 Å². The Balaban J connectivity index is 0.868. The first kappa shape index (κ1) is 29.2. The number of ketones is 1. The van der Waals surface area contributed by atoms with E-state index in [1.54, 1.807) is 35.1 Å².